The molecule has 0 bridgehead atoms. The lowest BCUT2D eigenvalue weighted by Crippen LogP contribution is -2.36. The first kappa shape index (κ1) is 21.9. The number of amides is 1. The fourth-order valence-electron chi connectivity index (χ4n) is 2.50. The van der Waals surface area contributed by atoms with Gasteiger partial charge < -0.3 is 4.74 Å². The quantitative estimate of drug-likeness (QED) is 0.514. The van der Waals surface area contributed by atoms with Gasteiger partial charge in [-0.3, -0.25) is 10.1 Å². The Morgan fingerprint density at radius 1 is 1.10 bits per heavy atom. The summed E-state index contributed by atoms with van der Waals surface area (Å²) in [6.45, 7) is 5.84. The van der Waals surface area contributed by atoms with Crippen LogP contribution in [-0.2, 0) is 10.0 Å². The molecule has 0 saturated heterocycles. The van der Waals surface area contributed by atoms with Crippen LogP contribution in [0.25, 0.3) is 0 Å². The zero-order valence-electron chi connectivity index (χ0n) is 16.7. The van der Waals surface area contributed by atoms with Gasteiger partial charge in [-0.2, -0.15) is 0 Å². The molecule has 1 aromatic heterocycles. The van der Waals surface area contributed by atoms with Crippen molar-refractivity contribution in [1.82, 2.24) is 14.9 Å². The zero-order valence-corrected chi connectivity index (χ0v) is 18.4. The Morgan fingerprint density at radius 2 is 1.83 bits per heavy atom. The SMILES string of the molecule is Cc1ccc(OC[C@H](C)NS(=O)(=O)c2nnc(NC(=O)c3ccccc3)s2)cc1C. The summed E-state index contributed by atoms with van der Waals surface area (Å²) in [6, 6.07) is 13.8. The summed E-state index contributed by atoms with van der Waals surface area (Å²) >= 11 is 0.777. The number of benzene rings is 2. The first-order chi connectivity index (χ1) is 14.2. The summed E-state index contributed by atoms with van der Waals surface area (Å²) < 4.78 is 33.1. The van der Waals surface area contributed by atoms with E-state index in [1.165, 1.54) is 0 Å². The van der Waals surface area contributed by atoms with Crippen molar-refractivity contribution in [2.24, 2.45) is 0 Å². The van der Waals surface area contributed by atoms with Crippen molar-refractivity contribution in [2.45, 2.75) is 31.2 Å². The smallest absolute Gasteiger partial charge is 0.270 e. The highest BCUT2D eigenvalue weighted by atomic mass is 32.2. The number of aryl methyl sites for hydroxylation is 2. The Kier molecular flexibility index (Phi) is 6.80. The van der Waals surface area contributed by atoms with E-state index < -0.39 is 16.1 Å². The van der Waals surface area contributed by atoms with E-state index in [4.69, 9.17) is 4.74 Å². The fourth-order valence-corrected chi connectivity index (χ4v) is 4.64. The van der Waals surface area contributed by atoms with Gasteiger partial charge in [0.2, 0.25) is 9.47 Å². The molecule has 0 aliphatic carbocycles. The van der Waals surface area contributed by atoms with Crippen molar-refractivity contribution < 1.29 is 17.9 Å². The molecular formula is C20H22N4O4S2. The Hall–Kier alpha value is -2.82. The standard InChI is InChI=1S/C20H22N4O4S2/c1-13-9-10-17(11-14(13)2)28-12-15(3)24-30(26,27)20-23-22-19(29-20)21-18(25)16-7-5-4-6-8-16/h4-11,15,24H,12H2,1-3H3,(H,21,22,25)/t15-/m0/s1. The van der Waals surface area contributed by atoms with Gasteiger partial charge in [-0.05, 0) is 56.2 Å². The molecule has 0 spiro atoms. The predicted molar refractivity (Wildman–Crippen MR) is 115 cm³/mol. The summed E-state index contributed by atoms with van der Waals surface area (Å²) in [7, 11) is -3.89. The minimum absolute atomic E-state index is 0.100. The van der Waals surface area contributed by atoms with E-state index in [2.05, 4.69) is 20.2 Å². The first-order valence-electron chi connectivity index (χ1n) is 9.17. The molecular weight excluding hydrogens is 424 g/mol. The van der Waals surface area contributed by atoms with Gasteiger partial charge in [0.25, 0.3) is 15.9 Å². The second-order valence-electron chi connectivity index (χ2n) is 6.77. The fraction of sp³-hybridized carbons (Fsp3) is 0.250. The first-order valence-corrected chi connectivity index (χ1v) is 11.5. The second kappa shape index (κ2) is 9.33. The molecule has 3 rings (SSSR count). The number of carbonyl (C=O) groups excluding carboxylic acids is 1. The highest BCUT2D eigenvalue weighted by molar-refractivity contribution is 7.91. The van der Waals surface area contributed by atoms with Crippen molar-refractivity contribution in [1.29, 1.82) is 0 Å². The number of ether oxygens (including phenoxy) is 1. The third-order valence-electron chi connectivity index (χ3n) is 4.23. The predicted octanol–water partition coefficient (Wildman–Crippen LogP) is 3.15. The molecule has 0 saturated carbocycles. The lowest BCUT2D eigenvalue weighted by Gasteiger charge is -2.14. The van der Waals surface area contributed by atoms with Gasteiger partial charge in [0.15, 0.2) is 0 Å². The second-order valence-corrected chi connectivity index (χ2v) is 9.64. The zero-order chi connectivity index (χ0) is 21.7. The van der Waals surface area contributed by atoms with Crippen LogP contribution in [0.4, 0.5) is 5.13 Å². The third kappa shape index (κ3) is 5.62. The molecule has 0 fully saturated rings. The van der Waals surface area contributed by atoms with Gasteiger partial charge in [0, 0.05) is 5.56 Å². The van der Waals surface area contributed by atoms with Crippen molar-refractivity contribution in [3.63, 3.8) is 0 Å². The van der Waals surface area contributed by atoms with E-state index in [9.17, 15) is 13.2 Å². The number of nitrogens with one attached hydrogen (secondary N) is 2. The maximum absolute atomic E-state index is 12.6. The number of anilines is 1. The lowest BCUT2D eigenvalue weighted by molar-refractivity contribution is 0.102. The molecule has 0 unspecified atom stereocenters. The van der Waals surface area contributed by atoms with Crippen LogP contribution in [-0.4, -0.2) is 37.2 Å². The lowest BCUT2D eigenvalue weighted by atomic mass is 10.1. The minimum Gasteiger partial charge on any atom is -0.492 e. The van der Waals surface area contributed by atoms with E-state index in [0.717, 1.165) is 22.5 Å². The molecule has 1 amide bonds. The molecule has 1 atom stereocenters. The van der Waals surface area contributed by atoms with Gasteiger partial charge in [-0.25, -0.2) is 13.1 Å². The van der Waals surface area contributed by atoms with E-state index in [1.54, 1.807) is 37.3 Å². The summed E-state index contributed by atoms with van der Waals surface area (Å²) in [5.41, 5.74) is 2.69. The number of hydrogen-bond donors (Lipinski definition) is 2. The van der Waals surface area contributed by atoms with Crippen molar-refractivity contribution in [3.8, 4) is 5.75 Å². The van der Waals surface area contributed by atoms with Crippen LogP contribution in [0, 0.1) is 13.8 Å². The average molecular weight is 447 g/mol. The highest BCUT2D eigenvalue weighted by Gasteiger charge is 2.23. The number of aromatic nitrogens is 2. The van der Waals surface area contributed by atoms with Gasteiger partial charge in [-0.15, -0.1) is 10.2 Å². The van der Waals surface area contributed by atoms with Crippen LogP contribution in [0.5, 0.6) is 5.75 Å². The van der Waals surface area contributed by atoms with E-state index >= 15 is 0 Å². The monoisotopic (exact) mass is 446 g/mol. The molecule has 0 radical (unpaired) electrons. The van der Waals surface area contributed by atoms with Crippen molar-refractivity contribution in [3.05, 3.63) is 65.2 Å². The van der Waals surface area contributed by atoms with Crippen LogP contribution in [0.15, 0.2) is 52.9 Å². The maximum atomic E-state index is 12.6. The normalized spacial score (nSPS) is 12.4. The Bertz CT molecular complexity index is 1130. The Balaban J connectivity index is 1.58. The molecule has 0 aliphatic rings. The van der Waals surface area contributed by atoms with Gasteiger partial charge in [0.1, 0.15) is 12.4 Å². The van der Waals surface area contributed by atoms with Crippen LogP contribution in [0.1, 0.15) is 28.4 Å². The maximum Gasteiger partial charge on any atom is 0.270 e. The molecule has 10 heteroatoms. The van der Waals surface area contributed by atoms with Crippen LogP contribution in [0.2, 0.25) is 0 Å². The molecule has 158 valence electrons. The average Bonchev–Trinajstić information content (AvgIpc) is 3.19. The Morgan fingerprint density at radius 3 is 2.53 bits per heavy atom. The Labute approximate surface area is 179 Å². The minimum atomic E-state index is -3.89. The molecule has 2 aromatic carbocycles. The van der Waals surface area contributed by atoms with Crippen LogP contribution < -0.4 is 14.8 Å². The summed E-state index contributed by atoms with van der Waals surface area (Å²) in [5, 5.41) is 10.1. The van der Waals surface area contributed by atoms with Crippen molar-refractivity contribution >= 4 is 32.4 Å². The number of rotatable bonds is 8. The van der Waals surface area contributed by atoms with E-state index in [0.29, 0.717) is 11.3 Å². The summed E-state index contributed by atoms with van der Waals surface area (Å²) in [4.78, 5) is 12.2. The summed E-state index contributed by atoms with van der Waals surface area (Å²) in [6.07, 6.45) is 0. The van der Waals surface area contributed by atoms with Gasteiger partial charge in [-0.1, -0.05) is 35.6 Å². The number of sulfonamides is 1. The van der Waals surface area contributed by atoms with Gasteiger partial charge in [0.05, 0.1) is 6.04 Å². The molecule has 0 aliphatic heterocycles. The topological polar surface area (TPSA) is 110 Å². The number of carbonyl (C=O) groups is 1. The molecule has 2 N–H and O–H groups in total. The van der Waals surface area contributed by atoms with Crippen LogP contribution >= 0.6 is 11.3 Å². The van der Waals surface area contributed by atoms with Crippen LogP contribution in [0.3, 0.4) is 0 Å². The largest absolute Gasteiger partial charge is 0.492 e. The number of nitrogens with zero attached hydrogens (tertiary/aromatic N) is 2. The highest BCUT2D eigenvalue weighted by Crippen LogP contribution is 2.21. The molecule has 3 aromatic rings. The summed E-state index contributed by atoms with van der Waals surface area (Å²) in [5.74, 6) is 0.282. The van der Waals surface area contributed by atoms with Crippen molar-refractivity contribution in [2.75, 3.05) is 11.9 Å². The molecule has 30 heavy (non-hydrogen) atoms. The third-order valence-corrected chi connectivity index (χ3v) is 7.02. The molecule has 1 heterocycles. The van der Waals surface area contributed by atoms with E-state index in [-0.39, 0.29) is 22.0 Å². The van der Waals surface area contributed by atoms with Gasteiger partial charge >= 0.3 is 0 Å². The number of hydrogen-bond acceptors (Lipinski definition) is 7. The molecule has 8 nitrogen and oxygen atoms in total. The van der Waals surface area contributed by atoms with E-state index in [1.807, 2.05) is 32.0 Å².